The number of rotatable bonds is 5. The number of hydrogen-bond acceptors (Lipinski definition) is 4. The van der Waals surface area contributed by atoms with E-state index in [9.17, 15) is 9.59 Å². The van der Waals surface area contributed by atoms with E-state index in [1.165, 1.54) is 22.2 Å². The van der Waals surface area contributed by atoms with Crippen LogP contribution in [0.3, 0.4) is 0 Å². The van der Waals surface area contributed by atoms with Gasteiger partial charge in [0, 0.05) is 28.2 Å². The van der Waals surface area contributed by atoms with Gasteiger partial charge in [-0.25, -0.2) is 4.98 Å². The Morgan fingerprint density at radius 2 is 2.00 bits per heavy atom. The van der Waals surface area contributed by atoms with Crippen molar-refractivity contribution in [2.75, 3.05) is 11.1 Å². The van der Waals surface area contributed by atoms with E-state index in [-0.39, 0.29) is 11.5 Å². The number of aromatic nitrogens is 2. The Bertz CT molecular complexity index is 928. The number of benzene rings is 1. The molecular formula is C17H14BrN3O2S. The molecule has 1 amide bonds. The van der Waals surface area contributed by atoms with Gasteiger partial charge in [-0.2, -0.15) is 0 Å². The van der Waals surface area contributed by atoms with Crippen LogP contribution in [0.15, 0.2) is 64.0 Å². The van der Waals surface area contributed by atoms with E-state index in [0.29, 0.717) is 22.8 Å². The van der Waals surface area contributed by atoms with Gasteiger partial charge in [0.2, 0.25) is 5.91 Å². The fraction of sp³-hybridized carbons (Fsp3) is 0.118. The van der Waals surface area contributed by atoms with Crippen LogP contribution >= 0.6 is 27.7 Å². The molecule has 0 saturated heterocycles. The normalized spacial score (nSPS) is 10.7. The van der Waals surface area contributed by atoms with E-state index in [0.717, 1.165) is 10.2 Å². The summed E-state index contributed by atoms with van der Waals surface area (Å²) in [7, 11) is 0. The molecule has 0 aliphatic heterocycles. The first-order chi connectivity index (χ1) is 11.6. The summed E-state index contributed by atoms with van der Waals surface area (Å²) in [5, 5.41) is 2.82. The molecule has 7 heteroatoms. The van der Waals surface area contributed by atoms with Crippen molar-refractivity contribution < 1.29 is 4.79 Å². The van der Waals surface area contributed by atoms with E-state index in [2.05, 4.69) is 26.2 Å². The Labute approximate surface area is 151 Å². The number of anilines is 1. The maximum absolute atomic E-state index is 12.1. The molecule has 0 fully saturated rings. The summed E-state index contributed by atoms with van der Waals surface area (Å²) in [5.41, 5.74) is 1.90. The smallest absolute Gasteiger partial charge is 0.258 e. The van der Waals surface area contributed by atoms with Crippen molar-refractivity contribution in [2.45, 2.75) is 5.75 Å². The summed E-state index contributed by atoms with van der Waals surface area (Å²) in [6.45, 7) is 0. The Kier molecular flexibility index (Phi) is 5.32. The highest BCUT2D eigenvalue weighted by molar-refractivity contribution is 9.10. The van der Waals surface area contributed by atoms with Crippen LogP contribution in [0.5, 0.6) is 0 Å². The van der Waals surface area contributed by atoms with Gasteiger partial charge in [-0.1, -0.05) is 18.2 Å². The number of nitrogens with one attached hydrogen (secondary N) is 1. The number of halogens is 1. The highest BCUT2D eigenvalue weighted by atomic mass is 79.9. The van der Waals surface area contributed by atoms with E-state index in [1.807, 2.05) is 36.4 Å². The second-order valence-corrected chi connectivity index (χ2v) is 6.97. The first-order valence-corrected chi connectivity index (χ1v) is 9.17. The Morgan fingerprint density at radius 3 is 2.79 bits per heavy atom. The zero-order valence-corrected chi connectivity index (χ0v) is 15.0. The first-order valence-electron chi connectivity index (χ1n) is 7.22. The van der Waals surface area contributed by atoms with Crippen LogP contribution in [-0.4, -0.2) is 21.0 Å². The number of para-hydroxylation sites is 1. The topological polar surface area (TPSA) is 63.5 Å². The van der Waals surface area contributed by atoms with Crippen LogP contribution in [0.25, 0.3) is 5.65 Å². The van der Waals surface area contributed by atoms with Crippen molar-refractivity contribution in [1.82, 2.24) is 9.38 Å². The minimum Gasteiger partial charge on any atom is -0.325 e. The molecule has 0 atom stereocenters. The molecule has 3 rings (SSSR count). The van der Waals surface area contributed by atoms with Crippen LogP contribution in [0.4, 0.5) is 5.69 Å². The summed E-state index contributed by atoms with van der Waals surface area (Å²) in [4.78, 5) is 28.4. The number of carbonyl (C=O) groups is 1. The Hall–Kier alpha value is -2.12. The van der Waals surface area contributed by atoms with Crippen molar-refractivity contribution >= 4 is 44.9 Å². The molecule has 3 aromatic rings. The SMILES string of the molecule is O=C(CSCc1cc(=O)n2cc(Br)ccc2n1)Nc1ccccc1. The molecule has 5 nitrogen and oxygen atoms in total. The van der Waals surface area contributed by atoms with Gasteiger partial charge in [0.15, 0.2) is 0 Å². The Morgan fingerprint density at radius 1 is 1.21 bits per heavy atom. The van der Waals surface area contributed by atoms with Crippen molar-refractivity contribution in [1.29, 1.82) is 0 Å². The highest BCUT2D eigenvalue weighted by Crippen LogP contribution is 2.13. The second kappa shape index (κ2) is 7.63. The number of fused-ring (bicyclic) bond motifs is 1. The van der Waals surface area contributed by atoms with Crippen LogP contribution in [-0.2, 0) is 10.5 Å². The fourth-order valence-corrected chi connectivity index (χ4v) is 3.22. The molecular weight excluding hydrogens is 390 g/mol. The van der Waals surface area contributed by atoms with Gasteiger partial charge in [-0.15, -0.1) is 11.8 Å². The fourth-order valence-electron chi connectivity index (χ4n) is 2.17. The molecule has 2 aromatic heterocycles. The van der Waals surface area contributed by atoms with Gasteiger partial charge in [-0.3, -0.25) is 14.0 Å². The number of thioether (sulfide) groups is 1. The van der Waals surface area contributed by atoms with E-state index >= 15 is 0 Å². The number of nitrogens with zero attached hydrogens (tertiary/aromatic N) is 2. The quantitative estimate of drug-likeness (QED) is 0.709. The average molecular weight is 404 g/mol. The third-order valence-electron chi connectivity index (χ3n) is 3.22. The van der Waals surface area contributed by atoms with Gasteiger partial charge in [0.05, 0.1) is 11.4 Å². The number of pyridine rings is 1. The van der Waals surface area contributed by atoms with E-state index in [1.54, 1.807) is 12.3 Å². The minimum absolute atomic E-state index is 0.0763. The molecule has 24 heavy (non-hydrogen) atoms. The first kappa shape index (κ1) is 16.7. The summed E-state index contributed by atoms with van der Waals surface area (Å²) in [6.07, 6.45) is 1.69. The van der Waals surface area contributed by atoms with Gasteiger partial charge in [0.1, 0.15) is 5.65 Å². The van der Waals surface area contributed by atoms with Crippen molar-refractivity contribution in [2.24, 2.45) is 0 Å². The summed E-state index contributed by atoms with van der Waals surface area (Å²) in [5.74, 6) is 0.730. The predicted octanol–water partition coefficient (Wildman–Crippen LogP) is 3.33. The van der Waals surface area contributed by atoms with E-state index in [4.69, 9.17) is 0 Å². The highest BCUT2D eigenvalue weighted by Gasteiger charge is 2.06. The molecule has 0 aliphatic rings. The predicted molar refractivity (Wildman–Crippen MR) is 100 cm³/mol. The second-order valence-electron chi connectivity index (χ2n) is 5.07. The molecule has 2 heterocycles. The van der Waals surface area contributed by atoms with Gasteiger partial charge < -0.3 is 5.32 Å². The van der Waals surface area contributed by atoms with Crippen LogP contribution in [0.2, 0.25) is 0 Å². The summed E-state index contributed by atoms with van der Waals surface area (Å²) >= 11 is 4.76. The van der Waals surface area contributed by atoms with Crippen molar-refractivity contribution in [3.8, 4) is 0 Å². The van der Waals surface area contributed by atoms with E-state index < -0.39 is 0 Å². The van der Waals surface area contributed by atoms with Crippen molar-refractivity contribution in [3.63, 3.8) is 0 Å². The maximum Gasteiger partial charge on any atom is 0.258 e. The zero-order valence-electron chi connectivity index (χ0n) is 12.6. The largest absolute Gasteiger partial charge is 0.325 e. The van der Waals surface area contributed by atoms with Crippen LogP contribution < -0.4 is 10.9 Å². The average Bonchev–Trinajstić information content (AvgIpc) is 2.56. The zero-order chi connectivity index (χ0) is 16.9. The standard InChI is InChI=1S/C17H14BrN3O2S/c18-12-6-7-15-19-14(8-17(23)21(15)9-12)10-24-11-16(22)20-13-4-2-1-3-5-13/h1-9H,10-11H2,(H,20,22). The number of amides is 1. The maximum atomic E-state index is 12.1. The van der Waals surface area contributed by atoms with Gasteiger partial charge in [0.25, 0.3) is 5.56 Å². The summed E-state index contributed by atoms with van der Waals surface area (Å²) in [6, 6.07) is 14.4. The van der Waals surface area contributed by atoms with Gasteiger partial charge in [-0.05, 0) is 40.2 Å². The molecule has 1 aromatic carbocycles. The van der Waals surface area contributed by atoms with Crippen LogP contribution in [0, 0.1) is 0 Å². The van der Waals surface area contributed by atoms with Crippen LogP contribution in [0.1, 0.15) is 5.69 Å². The lowest BCUT2D eigenvalue weighted by Crippen LogP contribution is -2.16. The monoisotopic (exact) mass is 403 g/mol. The lowest BCUT2D eigenvalue weighted by atomic mass is 10.3. The Balaban J connectivity index is 1.61. The number of carbonyl (C=O) groups excluding carboxylic acids is 1. The molecule has 1 N–H and O–H groups in total. The lowest BCUT2D eigenvalue weighted by molar-refractivity contribution is -0.113. The lowest BCUT2D eigenvalue weighted by Gasteiger charge is -2.06. The molecule has 0 radical (unpaired) electrons. The molecule has 0 aliphatic carbocycles. The molecule has 0 bridgehead atoms. The third-order valence-corrected chi connectivity index (χ3v) is 4.65. The molecule has 0 unspecified atom stereocenters. The molecule has 0 saturated carbocycles. The van der Waals surface area contributed by atoms with Gasteiger partial charge >= 0.3 is 0 Å². The number of hydrogen-bond donors (Lipinski definition) is 1. The third kappa shape index (κ3) is 4.24. The molecule has 0 spiro atoms. The minimum atomic E-state index is -0.134. The molecule has 122 valence electrons. The van der Waals surface area contributed by atoms with Crippen molar-refractivity contribution in [3.05, 3.63) is 75.2 Å². The summed E-state index contributed by atoms with van der Waals surface area (Å²) < 4.78 is 2.30.